The first-order chi connectivity index (χ1) is 6.61. The van der Waals surface area contributed by atoms with E-state index in [4.69, 9.17) is 10.5 Å². The molecule has 0 saturated carbocycles. The van der Waals surface area contributed by atoms with Gasteiger partial charge < -0.3 is 10.5 Å². The number of hydrogen-bond acceptors (Lipinski definition) is 3. The highest BCUT2D eigenvalue weighted by Gasteiger charge is 2.18. The number of halogens is 3. The van der Waals surface area contributed by atoms with Crippen LogP contribution in [0.25, 0.3) is 0 Å². The minimum atomic E-state index is -2.63. The van der Waals surface area contributed by atoms with Crippen LogP contribution in [-0.2, 0) is 5.33 Å². The molecule has 78 valence electrons. The van der Waals surface area contributed by atoms with Crippen molar-refractivity contribution in [2.45, 2.75) is 11.8 Å². The number of aromatic nitrogens is 1. The van der Waals surface area contributed by atoms with E-state index in [1.54, 1.807) is 0 Å². The Morgan fingerprint density at radius 3 is 2.71 bits per heavy atom. The van der Waals surface area contributed by atoms with Gasteiger partial charge in [-0.15, -0.1) is 0 Å². The molecule has 0 aliphatic heterocycles. The quantitative estimate of drug-likeness (QED) is 0.856. The maximum atomic E-state index is 12.5. The van der Waals surface area contributed by atoms with Gasteiger partial charge in [0.1, 0.15) is 5.69 Å². The summed E-state index contributed by atoms with van der Waals surface area (Å²) in [6.45, 7) is 0. The molecule has 0 amide bonds. The molecule has 2 N–H and O–H groups in total. The second-order valence-corrected chi connectivity index (χ2v) is 3.10. The number of nitrogens with two attached hydrogens (primary N) is 1. The SMILES string of the molecule is COc1cnc(C(F)F)c(CBr)c1N. The Morgan fingerprint density at radius 2 is 2.29 bits per heavy atom. The molecule has 0 saturated heterocycles. The molecule has 1 aromatic rings. The number of ether oxygens (including phenoxy) is 1. The van der Waals surface area contributed by atoms with E-state index >= 15 is 0 Å². The van der Waals surface area contributed by atoms with Crippen LogP contribution in [0.3, 0.4) is 0 Å². The maximum Gasteiger partial charge on any atom is 0.280 e. The standard InChI is InChI=1S/C8H9BrF2N2O/c1-14-5-3-13-7(8(10)11)4(2-9)6(5)12/h3,8H,2H2,1H3,(H2,12,13). The zero-order valence-electron chi connectivity index (χ0n) is 7.43. The predicted molar refractivity (Wildman–Crippen MR) is 52.8 cm³/mol. The van der Waals surface area contributed by atoms with Crippen molar-refractivity contribution in [2.75, 3.05) is 12.8 Å². The van der Waals surface area contributed by atoms with E-state index in [1.807, 2.05) is 0 Å². The summed E-state index contributed by atoms with van der Waals surface area (Å²) in [7, 11) is 1.41. The van der Waals surface area contributed by atoms with E-state index in [9.17, 15) is 8.78 Å². The fourth-order valence-electron chi connectivity index (χ4n) is 1.05. The third kappa shape index (κ3) is 1.95. The number of nitrogens with zero attached hydrogens (tertiary/aromatic N) is 1. The van der Waals surface area contributed by atoms with Gasteiger partial charge in [-0.05, 0) is 0 Å². The lowest BCUT2D eigenvalue weighted by molar-refractivity contribution is 0.145. The van der Waals surface area contributed by atoms with Crippen molar-refractivity contribution in [1.82, 2.24) is 4.98 Å². The highest BCUT2D eigenvalue weighted by atomic mass is 79.9. The van der Waals surface area contributed by atoms with Crippen LogP contribution < -0.4 is 10.5 Å². The lowest BCUT2D eigenvalue weighted by Crippen LogP contribution is -2.04. The van der Waals surface area contributed by atoms with Crippen molar-refractivity contribution >= 4 is 21.6 Å². The van der Waals surface area contributed by atoms with Crippen molar-refractivity contribution in [1.29, 1.82) is 0 Å². The lowest BCUT2D eigenvalue weighted by atomic mass is 10.2. The second-order valence-electron chi connectivity index (χ2n) is 2.54. The van der Waals surface area contributed by atoms with Crippen molar-refractivity contribution in [3.8, 4) is 5.75 Å². The fraction of sp³-hybridized carbons (Fsp3) is 0.375. The summed E-state index contributed by atoms with van der Waals surface area (Å²) in [6.07, 6.45) is -1.43. The third-order valence-corrected chi connectivity index (χ3v) is 2.34. The number of pyridine rings is 1. The third-order valence-electron chi connectivity index (χ3n) is 1.78. The van der Waals surface area contributed by atoms with Crippen LogP contribution in [-0.4, -0.2) is 12.1 Å². The van der Waals surface area contributed by atoms with Crippen LogP contribution in [0.5, 0.6) is 5.75 Å². The molecule has 0 bridgehead atoms. The zero-order valence-corrected chi connectivity index (χ0v) is 9.01. The van der Waals surface area contributed by atoms with Gasteiger partial charge in [-0.2, -0.15) is 0 Å². The summed E-state index contributed by atoms with van der Waals surface area (Å²) >= 11 is 3.08. The molecule has 0 radical (unpaired) electrons. The molecule has 0 aliphatic carbocycles. The van der Waals surface area contributed by atoms with Crippen LogP contribution in [0.2, 0.25) is 0 Å². The summed E-state index contributed by atoms with van der Waals surface area (Å²) in [4.78, 5) is 3.60. The van der Waals surface area contributed by atoms with Crippen LogP contribution in [0.1, 0.15) is 17.7 Å². The highest BCUT2D eigenvalue weighted by molar-refractivity contribution is 9.08. The van der Waals surface area contributed by atoms with E-state index < -0.39 is 6.43 Å². The molecule has 0 aliphatic rings. The first-order valence-electron chi connectivity index (χ1n) is 3.77. The molecule has 0 fully saturated rings. The van der Waals surface area contributed by atoms with Gasteiger partial charge in [-0.1, -0.05) is 15.9 Å². The molecule has 1 aromatic heterocycles. The Hall–Kier alpha value is -0.910. The van der Waals surface area contributed by atoms with Crippen molar-refractivity contribution in [3.63, 3.8) is 0 Å². The van der Waals surface area contributed by atoms with Gasteiger partial charge in [-0.25, -0.2) is 8.78 Å². The Labute approximate surface area is 88.4 Å². The van der Waals surface area contributed by atoms with Crippen molar-refractivity contribution < 1.29 is 13.5 Å². The number of methoxy groups -OCH3 is 1. The Balaban J connectivity index is 3.28. The fourth-order valence-corrected chi connectivity index (χ4v) is 1.64. The minimum absolute atomic E-state index is 0.203. The molecule has 14 heavy (non-hydrogen) atoms. The number of nitrogen functional groups attached to an aromatic ring is 1. The Kier molecular flexibility index (Phi) is 3.62. The van der Waals surface area contributed by atoms with Gasteiger partial charge in [-0.3, -0.25) is 4.98 Å². The molecule has 1 heterocycles. The highest BCUT2D eigenvalue weighted by Crippen LogP contribution is 2.32. The zero-order chi connectivity index (χ0) is 10.7. The van der Waals surface area contributed by atoms with E-state index in [2.05, 4.69) is 20.9 Å². The topological polar surface area (TPSA) is 48.1 Å². The van der Waals surface area contributed by atoms with Crippen LogP contribution in [0.4, 0.5) is 14.5 Å². The molecule has 1 rings (SSSR count). The van der Waals surface area contributed by atoms with Crippen LogP contribution in [0, 0.1) is 0 Å². The molecule has 0 aromatic carbocycles. The normalized spacial score (nSPS) is 10.6. The summed E-state index contributed by atoms with van der Waals surface area (Å²) in [5.74, 6) is 0.309. The average Bonchev–Trinajstić information content (AvgIpc) is 2.17. The number of rotatable bonds is 3. The summed E-state index contributed by atoms with van der Waals surface area (Å²) < 4.78 is 29.8. The number of hydrogen-bond donors (Lipinski definition) is 1. The minimum Gasteiger partial charge on any atom is -0.493 e. The van der Waals surface area contributed by atoms with Gasteiger partial charge >= 0.3 is 0 Å². The monoisotopic (exact) mass is 266 g/mol. The largest absolute Gasteiger partial charge is 0.493 e. The van der Waals surface area contributed by atoms with E-state index in [-0.39, 0.29) is 22.3 Å². The second kappa shape index (κ2) is 4.54. The van der Waals surface area contributed by atoms with Crippen LogP contribution >= 0.6 is 15.9 Å². The molecule has 3 nitrogen and oxygen atoms in total. The smallest absolute Gasteiger partial charge is 0.280 e. The summed E-state index contributed by atoms with van der Waals surface area (Å²) in [6, 6.07) is 0. The Morgan fingerprint density at radius 1 is 1.64 bits per heavy atom. The molecular formula is C8H9BrF2N2O. The molecular weight excluding hydrogens is 258 g/mol. The van der Waals surface area contributed by atoms with E-state index in [1.165, 1.54) is 13.3 Å². The molecule has 0 unspecified atom stereocenters. The molecule has 6 heteroatoms. The van der Waals surface area contributed by atoms with E-state index in [0.29, 0.717) is 5.75 Å². The Bertz CT molecular complexity index is 333. The summed E-state index contributed by atoms with van der Waals surface area (Å²) in [5, 5.41) is 0.225. The van der Waals surface area contributed by atoms with Gasteiger partial charge in [0, 0.05) is 10.9 Å². The van der Waals surface area contributed by atoms with Crippen LogP contribution in [0.15, 0.2) is 6.20 Å². The van der Waals surface area contributed by atoms with Gasteiger partial charge in [0.2, 0.25) is 0 Å². The van der Waals surface area contributed by atoms with Crippen molar-refractivity contribution in [2.24, 2.45) is 0 Å². The van der Waals surface area contributed by atoms with Crippen molar-refractivity contribution in [3.05, 3.63) is 17.5 Å². The van der Waals surface area contributed by atoms with E-state index in [0.717, 1.165) is 0 Å². The predicted octanol–water partition coefficient (Wildman–Crippen LogP) is 2.50. The first kappa shape index (κ1) is 11.2. The molecule has 0 spiro atoms. The summed E-state index contributed by atoms with van der Waals surface area (Å²) in [5.41, 5.74) is 5.79. The number of anilines is 1. The first-order valence-corrected chi connectivity index (χ1v) is 4.89. The molecule has 0 atom stereocenters. The maximum absolute atomic E-state index is 12.5. The van der Waals surface area contributed by atoms with Gasteiger partial charge in [0.25, 0.3) is 6.43 Å². The lowest BCUT2D eigenvalue weighted by Gasteiger charge is -2.11. The van der Waals surface area contributed by atoms with Gasteiger partial charge in [0.15, 0.2) is 5.75 Å². The average molecular weight is 267 g/mol. The number of alkyl halides is 3. The van der Waals surface area contributed by atoms with Gasteiger partial charge in [0.05, 0.1) is 19.0 Å².